The Balaban J connectivity index is 1.45. The van der Waals surface area contributed by atoms with E-state index in [4.69, 9.17) is 4.74 Å². The Morgan fingerprint density at radius 3 is 2.19 bits per heavy atom. The van der Waals surface area contributed by atoms with Gasteiger partial charge in [-0.05, 0) is 36.8 Å². The zero-order chi connectivity index (χ0) is 22.7. The molecule has 3 heterocycles. The number of nitrogens with zero attached hydrogens (tertiary/aromatic N) is 6. The number of aromatic nitrogens is 4. The second-order valence-corrected chi connectivity index (χ2v) is 7.30. The normalized spacial score (nSPS) is 13.8. The predicted octanol–water partition coefficient (Wildman–Crippen LogP) is 1.97. The maximum atomic E-state index is 13.2. The first-order chi connectivity index (χ1) is 15.5. The molecule has 0 radical (unpaired) electrons. The van der Waals surface area contributed by atoms with Crippen LogP contribution in [-0.4, -0.2) is 74.9 Å². The molecule has 1 aromatic carbocycles. The van der Waals surface area contributed by atoms with E-state index in [2.05, 4.69) is 15.3 Å². The molecule has 2 aromatic heterocycles. The summed E-state index contributed by atoms with van der Waals surface area (Å²) in [4.78, 5) is 29.2. The molecule has 0 bridgehead atoms. The summed E-state index contributed by atoms with van der Waals surface area (Å²) in [6.07, 6.45) is 2.13. The highest BCUT2D eigenvalue weighted by Crippen LogP contribution is 2.19. The fourth-order valence-electron chi connectivity index (χ4n) is 3.68. The largest absolute Gasteiger partial charge is 0.480 e. The molecule has 1 aliphatic heterocycles. The number of ether oxygens (including phenoxy) is 1. The maximum Gasteiger partial charge on any atom is 0.257 e. The topological polar surface area (TPSA) is 93.5 Å². The first-order valence-corrected chi connectivity index (χ1v) is 10.3. The van der Waals surface area contributed by atoms with Crippen molar-refractivity contribution in [3.05, 3.63) is 65.2 Å². The molecule has 4 rings (SSSR count). The average Bonchev–Trinajstić information content (AvgIpc) is 3.28. The highest BCUT2D eigenvalue weighted by molar-refractivity contribution is 5.96. The van der Waals surface area contributed by atoms with E-state index < -0.39 is 0 Å². The van der Waals surface area contributed by atoms with Crippen molar-refractivity contribution < 1.29 is 18.7 Å². The van der Waals surface area contributed by atoms with Gasteiger partial charge in [-0.1, -0.05) is 6.92 Å². The molecule has 1 fully saturated rings. The van der Waals surface area contributed by atoms with Gasteiger partial charge in [-0.2, -0.15) is 5.10 Å². The number of rotatable bonds is 5. The highest BCUT2D eigenvalue weighted by atomic mass is 19.1. The van der Waals surface area contributed by atoms with Crippen LogP contribution < -0.4 is 4.74 Å². The molecule has 1 saturated heterocycles. The molecule has 0 N–H and O–H groups in total. The average molecular weight is 438 g/mol. The molecule has 1 aliphatic rings. The Labute approximate surface area is 184 Å². The van der Waals surface area contributed by atoms with E-state index in [1.807, 2.05) is 6.92 Å². The molecule has 0 atom stereocenters. The van der Waals surface area contributed by atoms with Gasteiger partial charge in [-0.15, -0.1) is 10.2 Å². The summed E-state index contributed by atoms with van der Waals surface area (Å²) in [5.41, 5.74) is 1.67. The molecule has 9 nitrogen and oxygen atoms in total. The van der Waals surface area contributed by atoms with Crippen LogP contribution in [0.2, 0.25) is 0 Å². The van der Waals surface area contributed by atoms with Crippen LogP contribution in [0.4, 0.5) is 4.39 Å². The molecule has 0 spiro atoms. The lowest BCUT2D eigenvalue weighted by atomic mass is 10.1. The minimum absolute atomic E-state index is 0.136. The Hall–Kier alpha value is -3.82. The van der Waals surface area contributed by atoms with Gasteiger partial charge < -0.3 is 14.5 Å². The molecule has 0 saturated carbocycles. The number of carbonyl (C=O) groups excluding carboxylic acids is 2. The van der Waals surface area contributed by atoms with Gasteiger partial charge in [0.2, 0.25) is 5.88 Å². The Kier molecular flexibility index (Phi) is 6.11. The van der Waals surface area contributed by atoms with E-state index in [0.29, 0.717) is 55.4 Å². The lowest BCUT2D eigenvalue weighted by Gasteiger charge is -2.34. The van der Waals surface area contributed by atoms with Gasteiger partial charge in [-0.3, -0.25) is 9.59 Å². The molecule has 166 valence electrons. The number of piperazine rings is 1. The van der Waals surface area contributed by atoms with Crippen molar-refractivity contribution in [1.82, 2.24) is 29.8 Å². The predicted molar refractivity (Wildman–Crippen MR) is 113 cm³/mol. The van der Waals surface area contributed by atoms with Crippen LogP contribution in [0.1, 0.15) is 33.3 Å². The van der Waals surface area contributed by atoms with Crippen molar-refractivity contribution in [2.75, 3.05) is 33.3 Å². The SMILES string of the molecule is CCc1c(C(=O)N2CCN(C(=O)c3ccc(F)cc3)CC2)cnn1-c1ccc(OC)nn1. The molecule has 32 heavy (non-hydrogen) atoms. The van der Waals surface area contributed by atoms with Gasteiger partial charge in [0.1, 0.15) is 5.82 Å². The Bertz CT molecular complexity index is 1110. The van der Waals surface area contributed by atoms with Crippen LogP contribution in [-0.2, 0) is 6.42 Å². The number of halogens is 1. The smallest absolute Gasteiger partial charge is 0.257 e. The Morgan fingerprint density at radius 2 is 1.62 bits per heavy atom. The lowest BCUT2D eigenvalue weighted by molar-refractivity contribution is 0.0535. The van der Waals surface area contributed by atoms with Gasteiger partial charge in [0, 0.05) is 37.8 Å². The van der Waals surface area contributed by atoms with Crippen molar-refractivity contribution in [3.8, 4) is 11.7 Å². The van der Waals surface area contributed by atoms with E-state index in [-0.39, 0.29) is 17.6 Å². The number of hydrogen-bond donors (Lipinski definition) is 0. The second kappa shape index (κ2) is 9.13. The number of carbonyl (C=O) groups is 2. The number of methoxy groups -OCH3 is 1. The molecule has 3 aromatic rings. The van der Waals surface area contributed by atoms with Gasteiger partial charge in [-0.25, -0.2) is 9.07 Å². The summed E-state index contributed by atoms with van der Waals surface area (Å²) in [6, 6.07) is 8.89. The third kappa shape index (κ3) is 4.16. The number of benzene rings is 1. The quantitative estimate of drug-likeness (QED) is 0.605. The summed E-state index contributed by atoms with van der Waals surface area (Å²) in [6.45, 7) is 3.56. The summed E-state index contributed by atoms with van der Waals surface area (Å²) in [5, 5.41) is 12.4. The van der Waals surface area contributed by atoms with Crippen LogP contribution in [0, 0.1) is 5.82 Å². The minimum Gasteiger partial charge on any atom is -0.480 e. The fraction of sp³-hybridized carbons (Fsp3) is 0.318. The van der Waals surface area contributed by atoms with E-state index >= 15 is 0 Å². The third-order valence-electron chi connectivity index (χ3n) is 5.43. The number of hydrogen-bond acceptors (Lipinski definition) is 6. The van der Waals surface area contributed by atoms with E-state index in [9.17, 15) is 14.0 Å². The second-order valence-electron chi connectivity index (χ2n) is 7.30. The van der Waals surface area contributed by atoms with Crippen molar-refractivity contribution in [1.29, 1.82) is 0 Å². The zero-order valence-corrected chi connectivity index (χ0v) is 17.9. The molecule has 0 aliphatic carbocycles. The highest BCUT2D eigenvalue weighted by Gasteiger charge is 2.28. The lowest BCUT2D eigenvalue weighted by Crippen LogP contribution is -2.50. The summed E-state index contributed by atoms with van der Waals surface area (Å²) >= 11 is 0. The van der Waals surface area contributed by atoms with Gasteiger partial charge in [0.05, 0.1) is 24.6 Å². The van der Waals surface area contributed by atoms with Gasteiger partial charge in [0.25, 0.3) is 11.8 Å². The van der Waals surface area contributed by atoms with E-state index in [1.54, 1.807) is 32.8 Å². The minimum atomic E-state index is -0.384. The standard InChI is InChI=1S/C22H23FN6O3/c1-3-18-17(14-24-29(18)19-8-9-20(32-2)26-25-19)22(31)28-12-10-27(11-13-28)21(30)15-4-6-16(23)7-5-15/h4-9,14H,3,10-13H2,1-2H3. The summed E-state index contributed by atoms with van der Waals surface area (Å²) in [5.74, 6) is 0.199. The van der Waals surface area contributed by atoms with Crippen LogP contribution in [0.25, 0.3) is 5.82 Å². The van der Waals surface area contributed by atoms with Crippen molar-refractivity contribution >= 4 is 11.8 Å². The molecule has 0 unspecified atom stereocenters. The monoisotopic (exact) mass is 438 g/mol. The molecular formula is C22H23FN6O3. The first-order valence-electron chi connectivity index (χ1n) is 10.3. The molecule has 2 amide bonds. The van der Waals surface area contributed by atoms with Crippen molar-refractivity contribution in [2.24, 2.45) is 0 Å². The van der Waals surface area contributed by atoms with Crippen LogP contribution in [0.3, 0.4) is 0 Å². The van der Waals surface area contributed by atoms with Crippen LogP contribution in [0.5, 0.6) is 5.88 Å². The summed E-state index contributed by atoms with van der Waals surface area (Å²) in [7, 11) is 1.51. The van der Waals surface area contributed by atoms with Crippen LogP contribution in [0.15, 0.2) is 42.6 Å². The first kappa shape index (κ1) is 21.4. The zero-order valence-electron chi connectivity index (χ0n) is 17.9. The van der Waals surface area contributed by atoms with E-state index in [0.717, 1.165) is 5.69 Å². The van der Waals surface area contributed by atoms with Crippen LogP contribution >= 0.6 is 0 Å². The fourth-order valence-corrected chi connectivity index (χ4v) is 3.68. The third-order valence-corrected chi connectivity index (χ3v) is 5.43. The van der Waals surface area contributed by atoms with Crippen molar-refractivity contribution in [2.45, 2.75) is 13.3 Å². The van der Waals surface area contributed by atoms with Crippen molar-refractivity contribution in [3.63, 3.8) is 0 Å². The molecular weight excluding hydrogens is 415 g/mol. The van der Waals surface area contributed by atoms with E-state index in [1.165, 1.54) is 31.4 Å². The maximum absolute atomic E-state index is 13.2. The number of amides is 2. The molecule has 10 heteroatoms. The van der Waals surface area contributed by atoms with Gasteiger partial charge >= 0.3 is 0 Å². The van der Waals surface area contributed by atoms with Gasteiger partial charge in [0.15, 0.2) is 5.82 Å². The Morgan fingerprint density at radius 1 is 0.969 bits per heavy atom. The summed E-state index contributed by atoms with van der Waals surface area (Å²) < 4.78 is 19.8.